The van der Waals surface area contributed by atoms with E-state index in [9.17, 15) is 0 Å². The van der Waals surface area contributed by atoms with Crippen LogP contribution in [0.15, 0.2) is 158 Å². The maximum atomic E-state index is 4.99. The summed E-state index contributed by atoms with van der Waals surface area (Å²) in [5, 5.41) is 0. The predicted molar refractivity (Wildman–Crippen MR) is 177 cm³/mol. The third-order valence-corrected chi connectivity index (χ3v) is 7.71. The summed E-state index contributed by atoms with van der Waals surface area (Å²) in [5.41, 5.74) is 11.1. The van der Waals surface area contributed by atoms with Crippen molar-refractivity contribution in [3.63, 3.8) is 0 Å². The van der Waals surface area contributed by atoms with E-state index in [1.807, 2.05) is 18.2 Å². The summed E-state index contributed by atoms with van der Waals surface area (Å²) in [6.45, 7) is 2.14. The monoisotopic (exact) mass is 551 g/mol. The first-order chi connectivity index (χ1) is 21.2. The van der Waals surface area contributed by atoms with Crippen LogP contribution in [0.2, 0.25) is 0 Å². The van der Waals surface area contributed by atoms with E-state index in [2.05, 4.69) is 146 Å². The molecule has 7 rings (SSSR count). The number of hydrogen-bond acceptors (Lipinski definition) is 3. The van der Waals surface area contributed by atoms with Crippen LogP contribution in [0, 0.1) is 6.92 Å². The molecule has 0 amide bonds. The second-order valence-electron chi connectivity index (χ2n) is 10.6. The van der Waals surface area contributed by atoms with Gasteiger partial charge in [0.15, 0.2) is 17.5 Å². The lowest BCUT2D eigenvalue weighted by atomic mass is 9.98. The van der Waals surface area contributed by atoms with E-state index in [1.54, 1.807) is 0 Å². The molecule has 1 aromatic heterocycles. The minimum atomic E-state index is 0.650. The van der Waals surface area contributed by atoms with Gasteiger partial charge in [0.05, 0.1) is 0 Å². The molecule has 0 radical (unpaired) electrons. The van der Waals surface area contributed by atoms with Crippen LogP contribution in [-0.2, 0) is 0 Å². The highest BCUT2D eigenvalue weighted by atomic mass is 15.0. The Morgan fingerprint density at radius 2 is 0.628 bits per heavy atom. The van der Waals surface area contributed by atoms with Crippen LogP contribution in [0.4, 0.5) is 0 Å². The third kappa shape index (κ3) is 5.61. The van der Waals surface area contributed by atoms with E-state index < -0.39 is 0 Å². The van der Waals surface area contributed by atoms with Crippen molar-refractivity contribution in [1.29, 1.82) is 0 Å². The lowest BCUT2D eigenvalue weighted by Crippen LogP contribution is -2.00. The molecular formula is C40H29N3. The zero-order valence-electron chi connectivity index (χ0n) is 23.9. The van der Waals surface area contributed by atoms with Crippen molar-refractivity contribution in [2.75, 3.05) is 0 Å². The summed E-state index contributed by atoms with van der Waals surface area (Å²) in [5.74, 6) is 1.95. The Hall–Kier alpha value is -5.67. The minimum Gasteiger partial charge on any atom is -0.208 e. The number of nitrogens with zero attached hydrogens (tertiary/aromatic N) is 3. The normalized spacial score (nSPS) is 10.9. The van der Waals surface area contributed by atoms with E-state index in [-0.39, 0.29) is 0 Å². The molecule has 0 bridgehead atoms. The van der Waals surface area contributed by atoms with Crippen LogP contribution in [0.3, 0.4) is 0 Å². The molecule has 3 heteroatoms. The molecule has 0 saturated carbocycles. The quantitative estimate of drug-likeness (QED) is 0.206. The van der Waals surface area contributed by atoms with Gasteiger partial charge >= 0.3 is 0 Å². The SMILES string of the molecule is Cc1cc(-c2nc(-c3ccc(-c4ccccc4)cc3)nc(-c3ccc(-c4ccccc4)cc3)n2)ccc1-c1ccccc1. The average molecular weight is 552 g/mol. The molecule has 1 heterocycles. The highest BCUT2D eigenvalue weighted by molar-refractivity contribution is 5.75. The van der Waals surface area contributed by atoms with Gasteiger partial charge in [-0.1, -0.05) is 152 Å². The van der Waals surface area contributed by atoms with Gasteiger partial charge in [0.25, 0.3) is 0 Å². The van der Waals surface area contributed by atoms with E-state index in [1.165, 1.54) is 27.8 Å². The van der Waals surface area contributed by atoms with Crippen LogP contribution < -0.4 is 0 Å². The summed E-state index contributed by atoms with van der Waals surface area (Å²) in [6.07, 6.45) is 0. The summed E-state index contributed by atoms with van der Waals surface area (Å²) >= 11 is 0. The fourth-order valence-electron chi connectivity index (χ4n) is 5.39. The van der Waals surface area contributed by atoms with Crippen LogP contribution in [-0.4, -0.2) is 15.0 Å². The Labute approximate surface area is 252 Å². The summed E-state index contributed by atoms with van der Waals surface area (Å²) < 4.78 is 0. The second kappa shape index (κ2) is 11.7. The fraction of sp³-hybridized carbons (Fsp3) is 0.0250. The molecule has 0 spiro atoms. The Morgan fingerprint density at radius 1 is 0.302 bits per heavy atom. The van der Waals surface area contributed by atoms with Gasteiger partial charge < -0.3 is 0 Å². The van der Waals surface area contributed by atoms with Crippen molar-refractivity contribution in [1.82, 2.24) is 15.0 Å². The van der Waals surface area contributed by atoms with Crippen LogP contribution in [0.5, 0.6) is 0 Å². The summed E-state index contributed by atoms with van der Waals surface area (Å²) in [4.78, 5) is 14.9. The van der Waals surface area contributed by atoms with Gasteiger partial charge in [0, 0.05) is 16.7 Å². The molecule has 3 nitrogen and oxygen atoms in total. The maximum absolute atomic E-state index is 4.99. The Bertz CT molecular complexity index is 1880. The average Bonchev–Trinajstić information content (AvgIpc) is 3.09. The molecule has 0 aliphatic heterocycles. The number of hydrogen-bond donors (Lipinski definition) is 0. The zero-order chi connectivity index (χ0) is 29.0. The summed E-state index contributed by atoms with van der Waals surface area (Å²) in [7, 11) is 0. The first-order valence-corrected chi connectivity index (χ1v) is 14.5. The number of aromatic nitrogens is 3. The second-order valence-corrected chi connectivity index (χ2v) is 10.6. The van der Waals surface area contributed by atoms with Crippen LogP contribution >= 0.6 is 0 Å². The standard InChI is InChI=1S/C40H29N3/c1-28-27-36(25-26-37(28)33-15-9-4-10-16-33)40-42-38(34-21-17-31(18-22-34)29-11-5-2-6-12-29)41-39(43-40)35-23-19-32(20-24-35)30-13-7-3-8-14-30/h2-27H,1H3. The minimum absolute atomic E-state index is 0.650. The Balaban J connectivity index is 1.31. The topological polar surface area (TPSA) is 38.7 Å². The maximum Gasteiger partial charge on any atom is 0.164 e. The first-order valence-electron chi connectivity index (χ1n) is 14.5. The van der Waals surface area contributed by atoms with Crippen LogP contribution in [0.1, 0.15) is 5.56 Å². The van der Waals surface area contributed by atoms with Crippen molar-refractivity contribution in [2.24, 2.45) is 0 Å². The van der Waals surface area contributed by atoms with Crippen LogP contribution in [0.25, 0.3) is 67.5 Å². The smallest absolute Gasteiger partial charge is 0.164 e. The van der Waals surface area contributed by atoms with Crippen molar-refractivity contribution in [3.8, 4) is 67.5 Å². The number of benzene rings is 6. The van der Waals surface area contributed by atoms with E-state index >= 15 is 0 Å². The molecule has 43 heavy (non-hydrogen) atoms. The highest BCUT2D eigenvalue weighted by Gasteiger charge is 2.14. The molecule has 6 aromatic carbocycles. The van der Waals surface area contributed by atoms with Gasteiger partial charge in [0.2, 0.25) is 0 Å². The van der Waals surface area contributed by atoms with Gasteiger partial charge in [-0.25, -0.2) is 15.0 Å². The van der Waals surface area contributed by atoms with Crippen molar-refractivity contribution >= 4 is 0 Å². The first kappa shape index (κ1) is 26.2. The highest BCUT2D eigenvalue weighted by Crippen LogP contribution is 2.31. The molecule has 0 atom stereocenters. The molecule has 0 N–H and O–H groups in total. The van der Waals surface area contributed by atoms with Gasteiger partial charge in [-0.3, -0.25) is 0 Å². The molecular weight excluding hydrogens is 522 g/mol. The largest absolute Gasteiger partial charge is 0.208 e. The summed E-state index contributed by atoms with van der Waals surface area (Å²) in [6, 6.07) is 54.5. The predicted octanol–water partition coefficient (Wildman–Crippen LogP) is 10.2. The molecule has 204 valence electrons. The van der Waals surface area contributed by atoms with E-state index in [0.29, 0.717) is 17.5 Å². The van der Waals surface area contributed by atoms with Crippen molar-refractivity contribution in [3.05, 3.63) is 163 Å². The Morgan fingerprint density at radius 3 is 1.05 bits per heavy atom. The van der Waals surface area contributed by atoms with Gasteiger partial charge in [-0.05, 0) is 51.9 Å². The Kier molecular flexibility index (Phi) is 7.12. The zero-order valence-corrected chi connectivity index (χ0v) is 23.9. The molecule has 0 saturated heterocycles. The molecule has 0 fully saturated rings. The molecule has 0 aliphatic carbocycles. The van der Waals surface area contributed by atoms with Gasteiger partial charge in [-0.2, -0.15) is 0 Å². The lowest BCUT2D eigenvalue weighted by molar-refractivity contribution is 1.07. The number of rotatable bonds is 6. The molecule has 0 aliphatic rings. The molecule has 7 aromatic rings. The van der Waals surface area contributed by atoms with Crippen molar-refractivity contribution in [2.45, 2.75) is 6.92 Å². The van der Waals surface area contributed by atoms with Gasteiger partial charge in [-0.15, -0.1) is 0 Å². The third-order valence-electron chi connectivity index (χ3n) is 7.71. The van der Waals surface area contributed by atoms with E-state index in [4.69, 9.17) is 15.0 Å². The van der Waals surface area contributed by atoms with Gasteiger partial charge in [0.1, 0.15) is 0 Å². The molecule has 0 unspecified atom stereocenters. The number of aryl methyl sites for hydroxylation is 1. The fourth-order valence-corrected chi connectivity index (χ4v) is 5.39. The lowest BCUT2D eigenvalue weighted by Gasteiger charge is -2.12. The van der Waals surface area contributed by atoms with E-state index in [0.717, 1.165) is 27.8 Å². The van der Waals surface area contributed by atoms with Crippen molar-refractivity contribution < 1.29 is 0 Å².